The largest absolute Gasteiger partial charge is 0.355 e. The second kappa shape index (κ2) is 6.89. The number of nitrogens with one attached hydrogen (secondary N) is 1. The zero-order valence-electron chi connectivity index (χ0n) is 10.7. The topological polar surface area (TPSA) is 55.1 Å². The van der Waals surface area contributed by atoms with E-state index in [-0.39, 0.29) is 17.9 Å². The van der Waals surface area contributed by atoms with E-state index in [1.54, 1.807) is 0 Å². The van der Waals surface area contributed by atoms with Crippen LogP contribution in [0.5, 0.6) is 0 Å². The Kier molecular flexibility index (Phi) is 5.81. The van der Waals surface area contributed by atoms with Crippen LogP contribution in [0.2, 0.25) is 0 Å². The molecule has 3 N–H and O–H groups in total. The standard InChI is InChI=1S/C13H26N2O/c1-3-10(2)12(14)13(16)15-9-8-11-6-4-5-7-11/h10-12H,3-9,14H2,1-2H3,(H,15,16). The molecule has 1 saturated carbocycles. The highest BCUT2D eigenvalue weighted by molar-refractivity contribution is 5.81. The quantitative estimate of drug-likeness (QED) is 0.728. The van der Waals surface area contributed by atoms with Gasteiger partial charge in [-0.05, 0) is 18.3 Å². The average molecular weight is 226 g/mol. The highest BCUT2D eigenvalue weighted by Gasteiger charge is 2.20. The van der Waals surface area contributed by atoms with Crippen molar-refractivity contribution in [1.82, 2.24) is 5.32 Å². The Morgan fingerprint density at radius 3 is 2.62 bits per heavy atom. The number of hydrogen-bond donors (Lipinski definition) is 2. The second-order valence-corrected chi connectivity index (χ2v) is 5.14. The molecule has 0 aliphatic heterocycles. The summed E-state index contributed by atoms with van der Waals surface area (Å²) in [6.45, 7) is 4.89. The predicted molar refractivity (Wildman–Crippen MR) is 67.0 cm³/mol. The molecule has 1 amide bonds. The maximum Gasteiger partial charge on any atom is 0.237 e. The fourth-order valence-corrected chi connectivity index (χ4v) is 2.33. The van der Waals surface area contributed by atoms with Crippen LogP contribution in [0.1, 0.15) is 52.4 Å². The minimum Gasteiger partial charge on any atom is -0.355 e. The van der Waals surface area contributed by atoms with Crippen LogP contribution >= 0.6 is 0 Å². The Morgan fingerprint density at radius 2 is 2.06 bits per heavy atom. The molecular formula is C13H26N2O. The van der Waals surface area contributed by atoms with E-state index in [9.17, 15) is 4.79 Å². The molecule has 3 nitrogen and oxygen atoms in total. The van der Waals surface area contributed by atoms with Crippen molar-refractivity contribution in [2.45, 2.75) is 58.4 Å². The molecule has 0 bridgehead atoms. The van der Waals surface area contributed by atoms with E-state index in [1.165, 1.54) is 25.7 Å². The lowest BCUT2D eigenvalue weighted by molar-refractivity contribution is -0.123. The Balaban J connectivity index is 2.13. The van der Waals surface area contributed by atoms with E-state index in [4.69, 9.17) is 5.73 Å². The van der Waals surface area contributed by atoms with Gasteiger partial charge in [-0.25, -0.2) is 0 Å². The van der Waals surface area contributed by atoms with Gasteiger partial charge in [-0.3, -0.25) is 4.79 Å². The van der Waals surface area contributed by atoms with Gasteiger partial charge in [-0.2, -0.15) is 0 Å². The van der Waals surface area contributed by atoms with E-state index in [0.717, 1.165) is 25.3 Å². The highest BCUT2D eigenvalue weighted by Crippen LogP contribution is 2.26. The summed E-state index contributed by atoms with van der Waals surface area (Å²) in [5, 5.41) is 2.96. The maximum absolute atomic E-state index is 11.7. The Labute approximate surface area is 99.2 Å². The zero-order valence-corrected chi connectivity index (χ0v) is 10.7. The molecule has 0 spiro atoms. The number of carbonyl (C=O) groups is 1. The fraction of sp³-hybridized carbons (Fsp3) is 0.923. The van der Waals surface area contributed by atoms with Crippen molar-refractivity contribution in [3.8, 4) is 0 Å². The molecule has 1 fully saturated rings. The number of amides is 1. The van der Waals surface area contributed by atoms with Crippen molar-refractivity contribution in [3.05, 3.63) is 0 Å². The van der Waals surface area contributed by atoms with Crippen molar-refractivity contribution in [1.29, 1.82) is 0 Å². The smallest absolute Gasteiger partial charge is 0.237 e. The monoisotopic (exact) mass is 226 g/mol. The van der Waals surface area contributed by atoms with Crippen LogP contribution < -0.4 is 11.1 Å². The van der Waals surface area contributed by atoms with Gasteiger partial charge in [0, 0.05) is 6.54 Å². The number of rotatable bonds is 6. The molecule has 16 heavy (non-hydrogen) atoms. The van der Waals surface area contributed by atoms with Gasteiger partial charge in [-0.15, -0.1) is 0 Å². The summed E-state index contributed by atoms with van der Waals surface area (Å²) < 4.78 is 0. The normalized spacial score (nSPS) is 20.7. The fourth-order valence-electron chi connectivity index (χ4n) is 2.33. The van der Waals surface area contributed by atoms with E-state index in [1.807, 2.05) is 6.92 Å². The van der Waals surface area contributed by atoms with Crippen molar-refractivity contribution in [2.24, 2.45) is 17.6 Å². The second-order valence-electron chi connectivity index (χ2n) is 5.14. The van der Waals surface area contributed by atoms with Crippen LogP contribution in [-0.2, 0) is 4.79 Å². The first-order chi connectivity index (χ1) is 7.65. The van der Waals surface area contributed by atoms with E-state index in [2.05, 4.69) is 12.2 Å². The van der Waals surface area contributed by atoms with Gasteiger partial charge in [0.05, 0.1) is 6.04 Å². The van der Waals surface area contributed by atoms with Crippen LogP contribution in [-0.4, -0.2) is 18.5 Å². The summed E-state index contributed by atoms with van der Waals surface area (Å²) in [6, 6.07) is -0.339. The summed E-state index contributed by atoms with van der Waals surface area (Å²) in [7, 11) is 0. The zero-order chi connectivity index (χ0) is 12.0. The lowest BCUT2D eigenvalue weighted by Crippen LogP contribution is -2.45. The van der Waals surface area contributed by atoms with Gasteiger partial charge in [-0.1, -0.05) is 46.0 Å². The van der Waals surface area contributed by atoms with E-state index < -0.39 is 0 Å². The molecular weight excluding hydrogens is 200 g/mol. The van der Waals surface area contributed by atoms with Crippen LogP contribution in [0.25, 0.3) is 0 Å². The predicted octanol–water partition coefficient (Wildman–Crippen LogP) is 2.06. The first-order valence-electron chi connectivity index (χ1n) is 6.68. The van der Waals surface area contributed by atoms with Crippen LogP contribution in [0.15, 0.2) is 0 Å². The average Bonchev–Trinajstić information content (AvgIpc) is 2.79. The van der Waals surface area contributed by atoms with Crippen molar-refractivity contribution >= 4 is 5.91 Å². The molecule has 1 aliphatic rings. The molecule has 1 aliphatic carbocycles. The van der Waals surface area contributed by atoms with Crippen molar-refractivity contribution in [2.75, 3.05) is 6.54 Å². The SMILES string of the molecule is CCC(C)C(N)C(=O)NCCC1CCCC1. The molecule has 0 saturated heterocycles. The minimum absolute atomic E-state index is 0.0207. The van der Waals surface area contributed by atoms with Gasteiger partial charge >= 0.3 is 0 Å². The molecule has 94 valence electrons. The molecule has 0 aromatic carbocycles. The number of hydrogen-bond acceptors (Lipinski definition) is 2. The Hall–Kier alpha value is -0.570. The minimum atomic E-state index is -0.339. The molecule has 2 atom stereocenters. The van der Waals surface area contributed by atoms with Gasteiger partial charge in [0.2, 0.25) is 5.91 Å². The van der Waals surface area contributed by atoms with E-state index >= 15 is 0 Å². The first-order valence-corrected chi connectivity index (χ1v) is 6.68. The summed E-state index contributed by atoms with van der Waals surface area (Å²) in [6.07, 6.45) is 7.49. The number of nitrogens with two attached hydrogens (primary N) is 1. The molecule has 2 unspecified atom stereocenters. The molecule has 3 heteroatoms. The molecule has 1 rings (SSSR count). The molecule has 0 radical (unpaired) electrons. The van der Waals surface area contributed by atoms with Crippen molar-refractivity contribution in [3.63, 3.8) is 0 Å². The lowest BCUT2D eigenvalue weighted by atomic mass is 9.99. The van der Waals surface area contributed by atoms with E-state index in [0.29, 0.717) is 0 Å². The third kappa shape index (κ3) is 4.12. The molecule has 0 heterocycles. The Bertz CT molecular complexity index is 212. The summed E-state index contributed by atoms with van der Waals surface area (Å²) >= 11 is 0. The summed E-state index contributed by atoms with van der Waals surface area (Å²) in [5.74, 6) is 1.12. The lowest BCUT2D eigenvalue weighted by Gasteiger charge is -2.18. The van der Waals surface area contributed by atoms with Gasteiger partial charge in [0.25, 0.3) is 0 Å². The van der Waals surface area contributed by atoms with Gasteiger partial charge < -0.3 is 11.1 Å². The summed E-state index contributed by atoms with van der Waals surface area (Å²) in [5.41, 5.74) is 5.85. The number of carbonyl (C=O) groups excluding carboxylic acids is 1. The Morgan fingerprint density at radius 1 is 1.44 bits per heavy atom. The van der Waals surface area contributed by atoms with Crippen LogP contribution in [0.4, 0.5) is 0 Å². The third-order valence-corrected chi connectivity index (χ3v) is 3.89. The third-order valence-electron chi connectivity index (χ3n) is 3.89. The first kappa shape index (κ1) is 13.5. The van der Waals surface area contributed by atoms with Crippen molar-refractivity contribution < 1.29 is 4.79 Å². The summed E-state index contributed by atoms with van der Waals surface area (Å²) in [4.78, 5) is 11.7. The van der Waals surface area contributed by atoms with Crippen LogP contribution in [0, 0.1) is 11.8 Å². The van der Waals surface area contributed by atoms with Crippen LogP contribution in [0.3, 0.4) is 0 Å². The van der Waals surface area contributed by atoms with Gasteiger partial charge in [0.1, 0.15) is 0 Å². The maximum atomic E-state index is 11.7. The van der Waals surface area contributed by atoms with Gasteiger partial charge in [0.15, 0.2) is 0 Å². The molecule has 0 aromatic heterocycles. The highest BCUT2D eigenvalue weighted by atomic mass is 16.2. The molecule has 0 aromatic rings.